The van der Waals surface area contributed by atoms with E-state index < -0.39 is 0 Å². The van der Waals surface area contributed by atoms with E-state index in [-0.39, 0.29) is 0 Å². The van der Waals surface area contributed by atoms with Gasteiger partial charge in [-0.05, 0) is 18.8 Å². The van der Waals surface area contributed by atoms with Crippen molar-refractivity contribution < 1.29 is 9.47 Å². The second-order valence-electron chi connectivity index (χ2n) is 4.77. The molecule has 0 bridgehead atoms. The number of nitrogens with zero attached hydrogens (tertiary/aromatic N) is 2. The molecule has 1 heterocycles. The zero-order chi connectivity index (χ0) is 12.6. The van der Waals surface area contributed by atoms with Crippen LogP contribution < -0.4 is 5.32 Å². The summed E-state index contributed by atoms with van der Waals surface area (Å²) in [4.78, 5) is 4.18. The summed E-state index contributed by atoms with van der Waals surface area (Å²) in [6.07, 6.45) is 6.47. The van der Waals surface area contributed by atoms with E-state index in [1.165, 1.54) is 18.5 Å². The third kappa shape index (κ3) is 4.76. The van der Waals surface area contributed by atoms with Gasteiger partial charge in [-0.15, -0.1) is 0 Å². The fourth-order valence-corrected chi connectivity index (χ4v) is 1.78. The topological polar surface area (TPSA) is 48.3 Å². The van der Waals surface area contributed by atoms with E-state index in [1.807, 2.05) is 12.5 Å². The van der Waals surface area contributed by atoms with Crippen LogP contribution in [-0.2, 0) is 22.6 Å². The fraction of sp³-hybridized carbons (Fsp3) is 0.769. The molecule has 1 saturated carbocycles. The van der Waals surface area contributed by atoms with Crippen LogP contribution in [0, 0.1) is 5.92 Å². The molecule has 0 aliphatic heterocycles. The van der Waals surface area contributed by atoms with Gasteiger partial charge in [-0.25, -0.2) is 4.98 Å². The van der Waals surface area contributed by atoms with Gasteiger partial charge in [0.2, 0.25) is 0 Å². The van der Waals surface area contributed by atoms with Crippen molar-refractivity contribution in [1.29, 1.82) is 0 Å². The van der Waals surface area contributed by atoms with Crippen LogP contribution in [0.15, 0.2) is 12.5 Å². The first-order chi connectivity index (χ1) is 8.90. The van der Waals surface area contributed by atoms with Crippen LogP contribution in [0.1, 0.15) is 18.5 Å². The van der Waals surface area contributed by atoms with Crippen LogP contribution >= 0.6 is 0 Å². The number of hydrogen-bond donors (Lipinski definition) is 1. The maximum atomic E-state index is 5.64. The molecule has 0 aromatic carbocycles. The Morgan fingerprint density at radius 2 is 2.33 bits per heavy atom. The van der Waals surface area contributed by atoms with Crippen molar-refractivity contribution in [3.05, 3.63) is 18.2 Å². The molecular formula is C13H23N3O2. The highest BCUT2D eigenvalue weighted by atomic mass is 16.5. The van der Waals surface area contributed by atoms with Gasteiger partial charge in [0.05, 0.1) is 25.2 Å². The molecule has 1 aromatic rings. The van der Waals surface area contributed by atoms with Gasteiger partial charge in [0.15, 0.2) is 0 Å². The normalized spacial score (nSPS) is 15.2. The monoisotopic (exact) mass is 253 g/mol. The lowest BCUT2D eigenvalue weighted by Crippen LogP contribution is -2.21. The zero-order valence-corrected chi connectivity index (χ0v) is 11.1. The molecule has 0 spiro atoms. The van der Waals surface area contributed by atoms with Gasteiger partial charge in [-0.1, -0.05) is 0 Å². The molecule has 1 fully saturated rings. The molecule has 0 unspecified atom stereocenters. The number of rotatable bonds is 10. The Balaban J connectivity index is 1.62. The first kappa shape index (κ1) is 13.5. The molecule has 0 radical (unpaired) electrons. The minimum atomic E-state index is 0.735. The standard InChI is InChI=1S/C13H23N3O2/c1-17-6-4-14-8-13-9-15-11-16(13)5-7-18-10-12-2-3-12/h9,11-12,14H,2-8,10H2,1H3. The SMILES string of the molecule is COCCNCc1cncn1CCOCC1CC1. The van der Waals surface area contributed by atoms with Crippen LogP contribution in [0.25, 0.3) is 0 Å². The lowest BCUT2D eigenvalue weighted by molar-refractivity contribution is 0.116. The van der Waals surface area contributed by atoms with Crippen molar-refractivity contribution in [3.63, 3.8) is 0 Å². The maximum Gasteiger partial charge on any atom is 0.0949 e. The number of hydrogen-bond acceptors (Lipinski definition) is 4. The predicted molar refractivity (Wildman–Crippen MR) is 69.4 cm³/mol. The lowest BCUT2D eigenvalue weighted by atomic mass is 10.4. The van der Waals surface area contributed by atoms with Gasteiger partial charge in [0.25, 0.3) is 0 Å². The summed E-state index contributed by atoms with van der Waals surface area (Å²) in [7, 11) is 1.71. The number of imidazole rings is 1. The van der Waals surface area contributed by atoms with Gasteiger partial charge >= 0.3 is 0 Å². The lowest BCUT2D eigenvalue weighted by Gasteiger charge is -2.09. The first-order valence-electron chi connectivity index (χ1n) is 6.66. The number of aromatic nitrogens is 2. The molecular weight excluding hydrogens is 230 g/mol. The Bertz CT molecular complexity index is 337. The Labute approximate surface area is 108 Å². The summed E-state index contributed by atoms with van der Waals surface area (Å²) >= 11 is 0. The average Bonchev–Trinajstić information content (AvgIpc) is 3.10. The van der Waals surface area contributed by atoms with Crippen molar-refractivity contribution in [2.24, 2.45) is 5.92 Å². The Hall–Kier alpha value is -0.910. The Morgan fingerprint density at radius 1 is 1.44 bits per heavy atom. The van der Waals surface area contributed by atoms with Crippen molar-refractivity contribution >= 4 is 0 Å². The smallest absolute Gasteiger partial charge is 0.0949 e. The second kappa shape index (κ2) is 7.51. The average molecular weight is 253 g/mol. The minimum absolute atomic E-state index is 0.735. The van der Waals surface area contributed by atoms with Gasteiger partial charge in [0.1, 0.15) is 0 Å². The van der Waals surface area contributed by atoms with Gasteiger partial charge < -0.3 is 19.4 Å². The zero-order valence-electron chi connectivity index (χ0n) is 11.1. The minimum Gasteiger partial charge on any atom is -0.383 e. The Kier molecular flexibility index (Phi) is 5.64. The highest BCUT2D eigenvalue weighted by Gasteiger charge is 2.20. The van der Waals surface area contributed by atoms with Crippen LogP contribution in [0.5, 0.6) is 0 Å². The van der Waals surface area contributed by atoms with Crippen LogP contribution in [0.3, 0.4) is 0 Å². The quantitative estimate of drug-likeness (QED) is 0.633. The molecule has 5 heteroatoms. The van der Waals surface area contributed by atoms with Crippen molar-refractivity contribution in [1.82, 2.24) is 14.9 Å². The van der Waals surface area contributed by atoms with Crippen molar-refractivity contribution in [3.8, 4) is 0 Å². The molecule has 5 nitrogen and oxygen atoms in total. The largest absolute Gasteiger partial charge is 0.383 e. The fourth-order valence-electron chi connectivity index (χ4n) is 1.78. The predicted octanol–water partition coefficient (Wildman–Crippen LogP) is 1.05. The van der Waals surface area contributed by atoms with E-state index in [0.717, 1.165) is 45.4 Å². The maximum absolute atomic E-state index is 5.64. The summed E-state index contributed by atoms with van der Waals surface area (Å²) in [5.74, 6) is 0.836. The van der Waals surface area contributed by atoms with Crippen LogP contribution in [0.2, 0.25) is 0 Å². The molecule has 1 aliphatic rings. The van der Waals surface area contributed by atoms with Gasteiger partial charge in [-0.2, -0.15) is 0 Å². The summed E-state index contributed by atoms with van der Waals surface area (Å²) in [6, 6.07) is 0. The van der Waals surface area contributed by atoms with E-state index >= 15 is 0 Å². The van der Waals surface area contributed by atoms with Gasteiger partial charge in [-0.3, -0.25) is 0 Å². The second-order valence-corrected chi connectivity index (χ2v) is 4.77. The molecule has 1 aliphatic carbocycles. The highest BCUT2D eigenvalue weighted by molar-refractivity contribution is 4.97. The first-order valence-corrected chi connectivity index (χ1v) is 6.66. The molecule has 1 N–H and O–H groups in total. The van der Waals surface area contributed by atoms with Gasteiger partial charge in [0, 0.05) is 39.5 Å². The summed E-state index contributed by atoms with van der Waals surface area (Å²) in [5, 5.41) is 3.32. The third-order valence-electron chi connectivity index (χ3n) is 3.11. The summed E-state index contributed by atoms with van der Waals surface area (Å²) in [6.45, 7) is 5.01. The highest BCUT2D eigenvalue weighted by Crippen LogP contribution is 2.28. The molecule has 18 heavy (non-hydrogen) atoms. The molecule has 0 saturated heterocycles. The number of ether oxygens (including phenoxy) is 2. The van der Waals surface area contributed by atoms with E-state index in [1.54, 1.807) is 7.11 Å². The summed E-state index contributed by atoms with van der Waals surface area (Å²) in [5.41, 5.74) is 1.20. The van der Waals surface area contributed by atoms with E-state index in [0.29, 0.717) is 0 Å². The van der Waals surface area contributed by atoms with Crippen LogP contribution in [0.4, 0.5) is 0 Å². The van der Waals surface area contributed by atoms with Crippen molar-refractivity contribution in [2.45, 2.75) is 25.9 Å². The molecule has 1 aromatic heterocycles. The molecule has 102 valence electrons. The summed E-state index contributed by atoms with van der Waals surface area (Å²) < 4.78 is 12.8. The molecule has 0 atom stereocenters. The number of nitrogens with one attached hydrogen (secondary N) is 1. The molecule has 0 amide bonds. The van der Waals surface area contributed by atoms with E-state index in [4.69, 9.17) is 9.47 Å². The van der Waals surface area contributed by atoms with E-state index in [2.05, 4.69) is 14.9 Å². The Morgan fingerprint density at radius 3 is 3.11 bits per heavy atom. The number of methoxy groups -OCH3 is 1. The molecule has 2 rings (SSSR count). The van der Waals surface area contributed by atoms with E-state index in [9.17, 15) is 0 Å². The van der Waals surface area contributed by atoms with Crippen molar-refractivity contribution in [2.75, 3.05) is 33.5 Å². The third-order valence-corrected chi connectivity index (χ3v) is 3.11. The van der Waals surface area contributed by atoms with Crippen LogP contribution in [-0.4, -0.2) is 43.0 Å².